The van der Waals surface area contributed by atoms with Gasteiger partial charge in [-0.05, 0) is 54.8 Å². The van der Waals surface area contributed by atoms with E-state index in [1.165, 1.54) is 5.56 Å². The largest absolute Gasteiger partial charge is 0.416 e. The van der Waals surface area contributed by atoms with Gasteiger partial charge < -0.3 is 9.32 Å². The Morgan fingerprint density at radius 2 is 1.50 bits per heavy atom. The van der Waals surface area contributed by atoms with Crippen LogP contribution in [0.4, 0.5) is 0 Å². The molecule has 0 atom stereocenters. The van der Waals surface area contributed by atoms with Gasteiger partial charge in [-0.1, -0.05) is 48.5 Å². The van der Waals surface area contributed by atoms with Gasteiger partial charge in [0.2, 0.25) is 11.8 Å². The molecule has 172 valence electrons. The highest BCUT2D eigenvalue weighted by Gasteiger charge is 2.22. The maximum Gasteiger partial charge on any atom is 0.253 e. The van der Waals surface area contributed by atoms with Crippen molar-refractivity contribution >= 4 is 5.91 Å². The Hall–Kier alpha value is -3.77. The molecule has 0 saturated carbocycles. The number of hydrogen-bond acceptors (Lipinski definition) is 5. The summed E-state index contributed by atoms with van der Waals surface area (Å²) in [5.74, 6) is 1.02. The molecule has 1 saturated heterocycles. The summed E-state index contributed by atoms with van der Waals surface area (Å²) in [6.45, 7) is 6.34. The Kier molecular flexibility index (Phi) is 6.49. The molecule has 6 heteroatoms. The maximum absolute atomic E-state index is 13.0. The number of carbonyl (C=O) groups is 1. The van der Waals surface area contributed by atoms with Crippen molar-refractivity contribution in [2.75, 3.05) is 32.7 Å². The van der Waals surface area contributed by atoms with E-state index >= 15 is 0 Å². The van der Waals surface area contributed by atoms with Crippen LogP contribution >= 0.6 is 0 Å². The smallest absolute Gasteiger partial charge is 0.253 e. The highest BCUT2D eigenvalue weighted by molar-refractivity contribution is 5.94. The van der Waals surface area contributed by atoms with Gasteiger partial charge >= 0.3 is 0 Å². The molecule has 5 rings (SSSR count). The zero-order chi connectivity index (χ0) is 23.3. The molecule has 0 spiro atoms. The van der Waals surface area contributed by atoms with E-state index < -0.39 is 0 Å². The SMILES string of the molecule is Cc1ccccc1-c1nnc(-c2ccc(C(=O)N3CCN(CCc4ccccc4)CC3)cc2)o1. The molecule has 0 unspecified atom stereocenters. The molecule has 1 amide bonds. The first kappa shape index (κ1) is 22.0. The molecule has 6 nitrogen and oxygen atoms in total. The minimum atomic E-state index is 0.0698. The molecule has 0 aliphatic carbocycles. The summed E-state index contributed by atoms with van der Waals surface area (Å²) in [5.41, 5.74) is 4.85. The van der Waals surface area contributed by atoms with E-state index in [2.05, 4.69) is 39.4 Å². The number of piperazine rings is 1. The van der Waals surface area contributed by atoms with Gasteiger partial charge in [0.15, 0.2) is 0 Å². The van der Waals surface area contributed by atoms with Crippen LogP contribution in [0.1, 0.15) is 21.5 Å². The summed E-state index contributed by atoms with van der Waals surface area (Å²) >= 11 is 0. The van der Waals surface area contributed by atoms with Crippen molar-refractivity contribution in [1.82, 2.24) is 20.0 Å². The third-order valence-electron chi connectivity index (χ3n) is 6.40. The lowest BCUT2D eigenvalue weighted by Gasteiger charge is -2.34. The van der Waals surface area contributed by atoms with Crippen molar-refractivity contribution in [2.45, 2.75) is 13.3 Å². The van der Waals surface area contributed by atoms with Crippen LogP contribution in [-0.4, -0.2) is 58.6 Å². The van der Waals surface area contributed by atoms with Gasteiger partial charge in [-0.3, -0.25) is 9.69 Å². The van der Waals surface area contributed by atoms with Gasteiger partial charge in [0.05, 0.1) is 0 Å². The number of carbonyl (C=O) groups excluding carboxylic acids is 1. The average Bonchev–Trinajstić information content (AvgIpc) is 3.38. The van der Waals surface area contributed by atoms with Crippen LogP contribution in [0.2, 0.25) is 0 Å². The van der Waals surface area contributed by atoms with Crippen LogP contribution in [0.15, 0.2) is 83.3 Å². The van der Waals surface area contributed by atoms with Crippen molar-refractivity contribution in [2.24, 2.45) is 0 Å². The molecule has 0 radical (unpaired) electrons. The minimum Gasteiger partial charge on any atom is -0.416 e. The standard InChI is InChI=1S/C28H28N4O2/c1-21-7-5-6-10-25(21)27-30-29-26(34-27)23-11-13-24(14-12-23)28(33)32-19-17-31(18-20-32)16-15-22-8-3-2-4-9-22/h2-14H,15-20H2,1H3. The molecule has 2 heterocycles. The van der Waals surface area contributed by atoms with Crippen LogP contribution in [0, 0.1) is 6.92 Å². The van der Waals surface area contributed by atoms with Crippen molar-refractivity contribution in [3.05, 3.63) is 95.6 Å². The fourth-order valence-electron chi connectivity index (χ4n) is 4.31. The molecule has 34 heavy (non-hydrogen) atoms. The zero-order valence-electron chi connectivity index (χ0n) is 19.4. The van der Waals surface area contributed by atoms with Crippen LogP contribution < -0.4 is 0 Å². The second-order valence-electron chi connectivity index (χ2n) is 8.67. The molecule has 1 fully saturated rings. The predicted molar refractivity (Wildman–Crippen MR) is 132 cm³/mol. The maximum atomic E-state index is 13.0. The topological polar surface area (TPSA) is 62.5 Å². The molecular formula is C28H28N4O2. The quantitative estimate of drug-likeness (QED) is 0.424. The Morgan fingerprint density at radius 3 is 2.24 bits per heavy atom. The Labute approximate surface area is 199 Å². The molecular weight excluding hydrogens is 424 g/mol. The van der Waals surface area contributed by atoms with Gasteiger partial charge in [-0.15, -0.1) is 10.2 Å². The summed E-state index contributed by atoms with van der Waals surface area (Å²) in [4.78, 5) is 17.4. The second kappa shape index (κ2) is 10.0. The van der Waals surface area contributed by atoms with Crippen LogP contribution in [0.3, 0.4) is 0 Å². The van der Waals surface area contributed by atoms with Gasteiger partial charge in [-0.25, -0.2) is 0 Å². The van der Waals surface area contributed by atoms with E-state index in [0.29, 0.717) is 17.3 Å². The lowest BCUT2D eigenvalue weighted by molar-refractivity contribution is 0.0638. The van der Waals surface area contributed by atoms with Crippen molar-refractivity contribution in [3.8, 4) is 22.9 Å². The number of aryl methyl sites for hydroxylation is 1. The van der Waals surface area contributed by atoms with E-state index in [1.807, 2.05) is 66.4 Å². The number of benzene rings is 3. The molecule has 4 aromatic rings. The number of hydrogen-bond donors (Lipinski definition) is 0. The van der Waals surface area contributed by atoms with Crippen molar-refractivity contribution in [3.63, 3.8) is 0 Å². The lowest BCUT2D eigenvalue weighted by atomic mass is 10.1. The van der Waals surface area contributed by atoms with E-state index in [4.69, 9.17) is 4.42 Å². The number of rotatable bonds is 6. The minimum absolute atomic E-state index is 0.0698. The van der Waals surface area contributed by atoms with Crippen LogP contribution in [-0.2, 0) is 6.42 Å². The summed E-state index contributed by atoms with van der Waals surface area (Å²) < 4.78 is 5.90. The fraction of sp³-hybridized carbons (Fsp3) is 0.250. The molecule has 0 N–H and O–H groups in total. The number of amides is 1. The van der Waals surface area contributed by atoms with E-state index in [0.717, 1.165) is 55.8 Å². The number of aromatic nitrogens is 2. The van der Waals surface area contributed by atoms with Gasteiger partial charge in [-0.2, -0.15) is 0 Å². The van der Waals surface area contributed by atoms with E-state index in [-0.39, 0.29) is 5.91 Å². The van der Waals surface area contributed by atoms with Crippen LogP contribution in [0.25, 0.3) is 22.9 Å². The summed E-state index contributed by atoms with van der Waals surface area (Å²) in [7, 11) is 0. The Bertz CT molecular complexity index is 1240. The van der Waals surface area contributed by atoms with Gasteiger partial charge in [0, 0.05) is 49.4 Å². The monoisotopic (exact) mass is 452 g/mol. The summed E-state index contributed by atoms with van der Waals surface area (Å²) in [6, 6.07) is 25.9. The first-order valence-electron chi connectivity index (χ1n) is 11.7. The first-order valence-corrected chi connectivity index (χ1v) is 11.7. The predicted octanol–water partition coefficient (Wildman–Crippen LogP) is 4.71. The summed E-state index contributed by atoms with van der Waals surface area (Å²) in [6.07, 6.45) is 1.04. The Balaban J connectivity index is 1.17. The lowest BCUT2D eigenvalue weighted by Crippen LogP contribution is -2.49. The highest BCUT2D eigenvalue weighted by atomic mass is 16.4. The van der Waals surface area contributed by atoms with E-state index in [1.54, 1.807) is 0 Å². The van der Waals surface area contributed by atoms with Crippen molar-refractivity contribution in [1.29, 1.82) is 0 Å². The van der Waals surface area contributed by atoms with Gasteiger partial charge in [0.25, 0.3) is 5.91 Å². The third-order valence-corrected chi connectivity index (χ3v) is 6.40. The highest BCUT2D eigenvalue weighted by Crippen LogP contribution is 2.26. The molecule has 3 aromatic carbocycles. The van der Waals surface area contributed by atoms with Gasteiger partial charge in [0.1, 0.15) is 0 Å². The molecule has 1 aliphatic heterocycles. The number of nitrogens with zero attached hydrogens (tertiary/aromatic N) is 4. The van der Waals surface area contributed by atoms with Crippen molar-refractivity contribution < 1.29 is 9.21 Å². The fourth-order valence-corrected chi connectivity index (χ4v) is 4.31. The van der Waals surface area contributed by atoms with E-state index in [9.17, 15) is 4.79 Å². The Morgan fingerprint density at radius 1 is 0.824 bits per heavy atom. The normalized spacial score (nSPS) is 14.3. The first-order chi connectivity index (χ1) is 16.7. The molecule has 1 aromatic heterocycles. The average molecular weight is 453 g/mol. The third kappa shape index (κ3) is 4.92. The molecule has 1 aliphatic rings. The summed E-state index contributed by atoms with van der Waals surface area (Å²) in [5, 5.41) is 8.40. The molecule has 0 bridgehead atoms. The second-order valence-corrected chi connectivity index (χ2v) is 8.67. The van der Waals surface area contributed by atoms with Crippen LogP contribution in [0.5, 0.6) is 0 Å². The zero-order valence-corrected chi connectivity index (χ0v) is 19.4.